The molecule has 4 aromatic rings. The highest BCUT2D eigenvalue weighted by molar-refractivity contribution is 6.01. The summed E-state index contributed by atoms with van der Waals surface area (Å²) in [5, 5.41) is 19.7. The van der Waals surface area contributed by atoms with Gasteiger partial charge in [-0.25, -0.2) is 0 Å². The molecule has 3 fully saturated rings. The summed E-state index contributed by atoms with van der Waals surface area (Å²) >= 11 is 0. The van der Waals surface area contributed by atoms with Gasteiger partial charge in [0.1, 0.15) is 11.8 Å². The summed E-state index contributed by atoms with van der Waals surface area (Å²) in [6.07, 6.45) is 7.64. The zero-order valence-electron chi connectivity index (χ0n) is 30.0. The number of likely N-dealkylation sites (tertiary alicyclic amines) is 1. The lowest BCUT2D eigenvalue weighted by Gasteiger charge is -2.39. The summed E-state index contributed by atoms with van der Waals surface area (Å²) < 4.78 is 0. The number of phenolic OH excluding ortho intramolecular Hbond substituents is 1. The number of phenols is 1. The van der Waals surface area contributed by atoms with Crippen molar-refractivity contribution in [1.82, 2.24) is 10.2 Å². The van der Waals surface area contributed by atoms with Crippen molar-refractivity contribution >= 4 is 28.9 Å². The molecular weight excluding hydrogens is 647 g/mol. The predicted molar refractivity (Wildman–Crippen MR) is 208 cm³/mol. The van der Waals surface area contributed by atoms with E-state index in [0.717, 1.165) is 69.2 Å². The molecule has 4 aliphatic rings. The molecule has 3 aliphatic heterocycles. The number of hydrogen-bond donors (Lipinski definition) is 4. The molecule has 270 valence electrons. The number of nitrogens with zero attached hydrogens (tertiary/aromatic N) is 2. The van der Waals surface area contributed by atoms with Crippen LogP contribution in [0.3, 0.4) is 0 Å². The van der Waals surface area contributed by atoms with Crippen molar-refractivity contribution in [3.63, 3.8) is 0 Å². The monoisotopic (exact) mass is 697 g/mol. The minimum Gasteiger partial charge on any atom is -0.508 e. The zero-order chi connectivity index (χ0) is 35.4. The molecule has 1 unspecified atom stereocenters. The van der Waals surface area contributed by atoms with Crippen LogP contribution < -0.4 is 20.9 Å². The highest BCUT2D eigenvalue weighted by Crippen LogP contribution is 2.47. The third kappa shape index (κ3) is 7.82. The van der Waals surface area contributed by atoms with Gasteiger partial charge in [-0.1, -0.05) is 54.6 Å². The molecule has 2 amide bonds. The second-order valence-electron chi connectivity index (χ2n) is 15.4. The van der Waals surface area contributed by atoms with Crippen molar-refractivity contribution in [3.8, 4) is 5.75 Å². The van der Waals surface area contributed by atoms with Crippen molar-refractivity contribution < 1.29 is 14.7 Å². The minimum absolute atomic E-state index is 0.195. The fourth-order valence-corrected chi connectivity index (χ4v) is 9.14. The Morgan fingerprint density at radius 1 is 0.692 bits per heavy atom. The number of rotatable bonds is 9. The molecule has 0 bridgehead atoms. The topological polar surface area (TPSA) is 96.9 Å². The van der Waals surface area contributed by atoms with E-state index in [1.807, 2.05) is 24.3 Å². The number of hydrogen-bond acceptors (Lipinski definition) is 7. The standard InChI is InChI=1S/C44H51N5O3/c50-38-14-16-40-33(27-38)11-15-39(31-5-2-1-3-6-31)43(40)32-9-12-37(13-10-32)49-25-19-30(20-26-49)29-48-23-21-34(22-24-48)45-35-7-4-8-36(28-35)46-41-17-18-42(51)47-44(41)52/h1-10,12-14,16,27-28,30,34,39,41,43,45-46,50H,11,15,17-26,29H2,(H,47,51,52)/t39-,41?,43+/m1/s1. The molecule has 3 heterocycles. The number of aromatic hydroxyl groups is 1. The predicted octanol–water partition coefficient (Wildman–Crippen LogP) is 7.26. The van der Waals surface area contributed by atoms with Crippen LogP contribution in [0, 0.1) is 5.92 Å². The first-order valence-electron chi connectivity index (χ1n) is 19.4. The van der Waals surface area contributed by atoms with Crippen LogP contribution in [0.5, 0.6) is 5.75 Å². The lowest BCUT2D eigenvalue weighted by atomic mass is 9.69. The number of amides is 2. The van der Waals surface area contributed by atoms with Crippen molar-refractivity contribution in [2.45, 2.75) is 75.3 Å². The molecule has 4 N–H and O–H groups in total. The van der Waals surface area contributed by atoms with E-state index in [-0.39, 0.29) is 23.8 Å². The van der Waals surface area contributed by atoms with Gasteiger partial charge in [-0.3, -0.25) is 14.9 Å². The fourth-order valence-electron chi connectivity index (χ4n) is 9.14. The second kappa shape index (κ2) is 15.4. The van der Waals surface area contributed by atoms with Crippen molar-refractivity contribution in [2.75, 3.05) is 48.3 Å². The molecule has 0 radical (unpaired) electrons. The van der Waals surface area contributed by atoms with Crippen molar-refractivity contribution in [2.24, 2.45) is 5.92 Å². The van der Waals surface area contributed by atoms with Gasteiger partial charge in [-0.2, -0.15) is 0 Å². The van der Waals surface area contributed by atoms with Crippen LogP contribution >= 0.6 is 0 Å². The highest BCUT2D eigenvalue weighted by Gasteiger charge is 2.33. The van der Waals surface area contributed by atoms with Crippen molar-refractivity contribution in [1.29, 1.82) is 0 Å². The van der Waals surface area contributed by atoms with Gasteiger partial charge in [0, 0.05) is 68.2 Å². The average molecular weight is 698 g/mol. The highest BCUT2D eigenvalue weighted by atomic mass is 16.3. The summed E-state index contributed by atoms with van der Waals surface area (Å²) in [5.74, 6) is 1.34. The molecule has 3 saturated heterocycles. The van der Waals surface area contributed by atoms with Gasteiger partial charge in [-0.05, 0) is 121 Å². The van der Waals surface area contributed by atoms with E-state index in [1.54, 1.807) is 0 Å². The van der Waals surface area contributed by atoms with Crippen LogP contribution in [-0.2, 0) is 16.0 Å². The molecule has 4 aromatic carbocycles. The molecular formula is C44H51N5O3. The molecule has 8 rings (SSSR count). The number of nitrogens with one attached hydrogen (secondary N) is 3. The van der Waals surface area contributed by atoms with Crippen LogP contribution in [0.4, 0.5) is 17.1 Å². The van der Waals surface area contributed by atoms with Gasteiger partial charge in [0.05, 0.1) is 0 Å². The molecule has 0 saturated carbocycles. The summed E-state index contributed by atoms with van der Waals surface area (Å²) in [5.41, 5.74) is 8.65. The van der Waals surface area contributed by atoms with Crippen LogP contribution in [-0.4, -0.2) is 66.6 Å². The summed E-state index contributed by atoms with van der Waals surface area (Å²) in [7, 11) is 0. The van der Waals surface area contributed by atoms with Gasteiger partial charge >= 0.3 is 0 Å². The van der Waals surface area contributed by atoms with Gasteiger partial charge in [0.2, 0.25) is 11.8 Å². The van der Waals surface area contributed by atoms with Crippen LogP contribution in [0.15, 0.2) is 97.1 Å². The Labute approximate surface area is 307 Å². The van der Waals surface area contributed by atoms with E-state index in [0.29, 0.717) is 30.6 Å². The Hall–Kier alpha value is -4.82. The quantitative estimate of drug-likeness (QED) is 0.137. The first-order valence-corrected chi connectivity index (χ1v) is 19.4. The minimum atomic E-state index is -0.376. The number of carbonyl (C=O) groups is 2. The summed E-state index contributed by atoms with van der Waals surface area (Å²) in [4.78, 5) is 28.9. The zero-order valence-corrected chi connectivity index (χ0v) is 30.0. The van der Waals surface area contributed by atoms with E-state index in [9.17, 15) is 14.7 Å². The maximum Gasteiger partial charge on any atom is 0.249 e. The molecule has 1 aliphatic carbocycles. The SMILES string of the molecule is O=C1CCC(Nc2cccc(NC3CCN(CC4CCN(c5ccc([C@@H]6c7ccc(O)cc7CC[C@@H]6c6ccccc6)cc5)CC4)CC3)c2)C(=O)N1. The average Bonchev–Trinajstić information content (AvgIpc) is 3.17. The Balaban J connectivity index is 0.818. The van der Waals surface area contributed by atoms with E-state index in [4.69, 9.17) is 0 Å². The van der Waals surface area contributed by atoms with Crippen LogP contribution in [0.1, 0.15) is 79.0 Å². The number of fused-ring (bicyclic) bond motifs is 1. The van der Waals surface area contributed by atoms with E-state index in [2.05, 4.69) is 98.5 Å². The Bertz CT molecular complexity index is 1850. The smallest absolute Gasteiger partial charge is 0.249 e. The molecule has 8 heteroatoms. The summed E-state index contributed by atoms with van der Waals surface area (Å²) in [6.45, 7) is 5.61. The summed E-state index contributed by atoms with van der Waals surface area (Å²) in [6, 6.07) is 34.5. The first-order chi connectivity index (χ1) is 25.4. The Morgan fingerprint density at radius 3 is 2.19 bits per heavy atom. The lowest BCUT2D eigenvalue weighted by molar-refractivity contribution is -0.133. The molecule has 52 heavy (non-hydrogen) atoms. The normalized spacial score (nSPS) is 23.2. The number of benzene rings is 4. The van der Waals surface area contributed by atoms with E-state index >= 15 is 0 Å². The lowest BCUT2D eigenvalue weighted by Crippen LogP contribution is -2.47. The van der Waals surface area contributed by atoms with Crippen molar-refractivity contribution in [3.05, 3.63) is 119 Å². The number of imide groups is 1. The molecule has 3 atom stereocenters. The largest absolute Gasteiger partial charge is 0.508 e. The van der Waals surface area contributed by atoms with Gasteiger partial charge in [0.15, 0.2) is 0 Å². The Morgan fingerprint density at radius 2 is 1.44 bits per heavy atom. The van der Waals surface area contributed by atoms with Gasteiger partial charge in [-0.15, -0.1) is 0 Å². The van der Waals surface area contributed by atoms with Gasteiger partial charge < -0.3 is 25.5 Å². The third-order valence-electron chi connectivity index (χ3n) is 12.0. The Kier molecular flexibility index (Phi) is 10.2. The third-order valence-corrected chi connectivity index (χ3v) is 12.0. The van der Waals surface area contributed by atoms with Crippen LogP contribution in [0.25, 0.3) is 0 Å². The molecule has 0 spiro atoms. The number of piperidine rings is 3. The maximum absolute atomic E-state index is 12.2. The van der Waals surface area contributed by atoms with E-state index < -0.39 is 0 Å². The number of aryl methyl sites for hydroxylation is 1. The van der Waals surface area contributed by atoms with Crippen LogP contribution in [0.2, 0.25) is 0 Å². The molecule has 8 nitrogen and oxygen atoms in total. The first kappa shape index (κ1) is 34.3. The second-order valence-corrected chi connectivity index (χ2v) is 15.4. The molecule has 0 aromatic heterocycles. The van der Waals surface area contributed by atoms with E-state index in [1.165, 1.54) is 47.3 Å². The number of carbonyl (C=O) groups excluding carboxylic acids is 2. The van der Waals surface area contributed by atoms with Gasteiger partial charge in [0.25, 0.3) is 0 Å². The number of anilines is 3. The maximum atomic E-state index is 12.2. The fraction of sp³-hybridized carbons (Fsp3) is 0.409.